The van der Waals surface area contributed by atoms with Crippen LogP contribution in [0.25, 0.3) is 0 Å². The molecule has 4 amide bonds. The fraction of sp³-hybridized carbons (Fsp3) is 0.214. The summed E-state index contributed by atoms with van der Waals surface area (Å²) in [6, 6.07) is -1.23. The van der Waals surface area contributed by atoms with Crippen molar-refractivity contribution in [3.8, 4) is 0 Å². The van der Waals surface area contributed by atoms with Crippen molar-refractivity contribution in [2.75, 3.05) is 0 Å². The second kappa shape index (κ2) is 33.3. The molecule has 156 valence electrons. The third kappa shape index (κ3) is 46.1. The number of aromatic nitrogens is 2. The summed E-state index contributed by atoms with van der Waals surface area (Å²) in [4.78, 5) is 62.9. The zero-order valence-electron chi connectivity index (χ0n) is 17.6. The number of hydrogen-bond acceptors (Lipinski definition) is 9. The zero-order chi connectivity index (χ0) is 22.2. The topological polar surface area (TPSA) is 220 Å². The van der Waals surface area contributed by atoms with Gasteiger partial charge in [-0.05, 0) is 24.1 Å². The number of hydrogen-bond donors (Lipinski definition) is 2. The van der Waals surface area contributed by atoms with Crippen LogP contribution < -0.4 is 119 Å². The molecule has 0 saturated heterocycles. The number of nitrogens with zero attached hydrogens (tertiary/aromatic N) is 4. The van der Waals surface area contributed by atoms with Gasteiger partial charge in [0.15, 0.2) is 0 Å². The van der Waals surface area contributed by atoms with E-state index in [4.69, 9.17) is 26.4 Å². The maximum absolute atomic E-state index is 10.1. The Morgan fingerprint density at radius 3 is 1.70 bits per heavy atom. The fourth-order valence-electron chi connectivity index (χ4n) is 0.758. The Morgan fingerprint density at radius 1 is 1.17 bits per heavy atom. The first-order valence-electron chi connectivity index (χ1n) is 6.92. The molecule has 2 heterocycles. The minimum atomic E-state index is -0.833. The smallest absolute Gasteiger partial charge is 1.00 e. The third-order valence-corrected chi connectivity index (χ3v) is 1.79. The molecule has 0 spiro atoms. The predicted molar refractivity (Wildman–Crippen MR) is 97.6 cm³/mol. The van der Waals surface area contributed by atoms with E-state index in [-0.39, 0.29) is 117 Å². The van der Waals surface area contributed by atoms with Gasteiger partial charge in [-0.1, -0.05) is 0 Å². The van der Waals surface area contributed by atoms with Crippen LogP contribution in [0.4, 0.5) is 9.59 Å². The van der Waals surface area contributed by atoms with Crippen molar-refractivity contribution in [2.45, 2.75) is 19.8 Å². The van der Waals surface area contributed by atoms with Gasteiger partial charge in [0.25, 0.3) is 6.47 Å². The average Bonchev–Trinajstić information content (AvgIpc) is 2.66. The molecule has 0 bridgehead atoms. The molecule has 1 aromatic rings. The molecule has 4 N–H and O–H groups in total. The van der Waals surface area contributed by atoms with Gasteiger partial charge in [-0.3, -0.25) is 4.79 Å². The van der Waals surface area contributed by atoms with E-state index in [1.807, 2.05) is 6.92 Å². The van der Waals surface area contributed by atoms with Gasteiger partial charge >= 0.3 is 115 Å². The molecule has 0 aliphatic carbocycles. The largest absolute Gasteiger partial charge is 1.00 e. The van der Waals surface area contributed by atoms with E-state index >= 15 is 0 Å². The van der Waals surface area contributed by atoms with Crippen molar-refractivity contribution >= 4 is 55.1 Å². The van der Waals surface area contributed by atoms with Crippen molar-refractivity contribution in [3.63, 3.8) is 0 Å². The van der Waals surface area contributed by atoms with Gasteiger partial charge in [0.2, 0.25) is 5.28 Å². The van der Waals surface area contributed by atoms with Crippen molar-refractivity contribution in [1.29, 1.82) is 0 Å². The standard InChI is InChI=1S/C5H5ClN2.C4H4N2O.C3H4O2.CH4N2O.CH2O3.2K.H/c1-4-2-7-5(6)8-3-4;7-4-5-2-1-3-6-4;4-2-1-3-5;2-1(3)4;2-1-4-3;;;/h2-3H,1H3;2-3H,1H2;2-3H,1H2;(H4,2,3,4);1,3H;;;/q;;;;;2*+1;-1/p-1. The van der Waals surface area contributed by atoms with Crippen molar-refractivity contribution in [2.24, 2.45) is 21.5 Å². The SMILES string of the molecule is Cc1cnc(Cl)nc1.NC(N)=O.O=C1N=CCC=N1.O=CCC=O.O=CO[O-].[H-].[K+].[K+]. The molecule has 16 heteroatoms. The second-order valence-electron chi connectivity index (χ2n) is 3.83. The average molecular weight is 497 g/mol. The summed E-state index contributed by atoms with van der Waals surface area (Å²) in [6.07, 6.45) is 8.26. The van der Waals surface area contributed by atoms with Crippen LogP contribution >= 0.6 is 11.6 Å². The van der Waals surface area contributed by atoms with Crippen molar-refractivity contribution < 1.29 is 138 Å². The predicted octanol–water partition coefficient (Wildman–Crippen LogP) is -6.56. The first-order chi connectivity index (χ1) is 13.2. The number of carbonyl (C=O) groups excluding carboxylic acids is 5. The van der Waals surface area contributed by atoms with E-state index in [2.05, 4.69) is 36.3 Å². The molecule has 0 aromatic carbocycles. The molecule has 1 aliphatic heterocycles. The maximum Gasteiger partial charge on any atom is 1.00 e. The van der Waals surface area contributed by atoms with Crippen LogP contribution in [0, 0.1) is 6.92 Å². The normalized spacial score (nSPS) is 9.23. The number of nitrogens with two attached hydrogens (primary N) is 2. The molecule has 1 aliphatic rings. The van der Waals surface area contributed by atoms with Crippen LogP contribution in [0.3, 0.4) is 0 Å². The van der Waals surface area contributed by atoms with Crippen molar-refractivity contribution in [3.05, 3.63) is 23.2 Å². The van der Waals surface area contributed by atoms with Crippen LogP contribution in [0.1, 0.15) is 19.8 Å². The van der Waals surface area contributed by atoms with Gasteiger partial charge in [0, 0.05) is 31.2 Å². The Labute approximate surface area is 263 Å². The first-order valence-corrected chi connectivity index (χ1v) is 7.30. The van der Waals surface area contributed by atoms with Gasteiger partial charge in [0.05, 0.1) is 6.42 Å². The van der Waals surface area contributed by atoms with Crippen LogP contribution in [0.5, 0.6) is 0 Å². The molecule has 2 rings (SSSR count). The van der Waals surface area contributed by atoms with Crippen LogP contribution in [0.2, 0.25) is 5.28 Å². The number of amides is 4. The fourth-order valence-corrected chi connectivity index (χ4v) is 0.856. The van der Waals surface area contributed by atoms with Crippen LogP contribution in [-0.4, -0.2) is 53.5 Å². The molecule has 13 nitrogen and oxygen atoms in total. The maximum atomic E-state index is 10.1. The quantitative estimate of drug-likeness (QED) is 0.101. The van der Waals surface area contributed by atoms with E-state index in [0.29, 0.717) is 24.3 Å². The summed E-state index contributed by atoms with van der Waals surface area (Å²) >= 11 is 5.39. The van der Waals surface area contributed by atoms with Gasteiger partial charge in [-0.15, -0.1) is 0 Å². The molecule has 0 unspecified atom stereocenters. The number of carbonyl (C=O) groups is 5. The molecule has 0 radical (unpaired) electrons. The molecule has 0 atom stereocenters. The van der Waals surface area contributed by atoms with Gasteiger partial charge in [-0.25, -0.2) is 29.5 Å². The number of urea groups is 2. The monoisotopic (exact) mass is 496 g/mol. The molecule has 0 fully saturated rings. The summed E-state index contributed by atoms with van der Waals surface area (Å²) in [6.45, 7) is 1.73. The number of halogens is 1. The Bertz CT molecular complexity index is 610. The number of rotatable bonds is 3. The van der Waals surface area contributed by atoms with Crippen molar-refractivity contribution in [1.82, 2.24) is 9.97 Å². The zero-order valence-corrected chi connectivity index (χ0v) is 23.6. The Hall–Kier alpha value is -0.307. The summed E-state index contributed by atoms with van der Waals surface area (Å²) in [5.41, 5.74) is 9.52. The Morgan fingerprint density at radius 2 is 1.53 bits per heavy atom. The number of aldehydes is 2. The van der Waals surface area contributed by atoms with E-state index in [0.717, 1.165) is 5.56 Å². The minimum absolute atomic E-state index is 0. The number of primary amides is 2. The molecule has 30 heavy (non-hydrogen) atoms. The van der Waals surface area contributed by atoms with Gasteiger partial charge in [-0.2, -0.15) is 0 Å². The number of aryl methyl sites for hydroxylation is 1. The van der Waals surface area contributed by atoms with E-state index in [1.165, 1.54) is 12.4 Å². The minimum Gasteiger partial charge on any atom is -1.00 e. The van der Waals surface area contributed by atoms with Crippen LogP contribution in [-0.2, 0) is 19.3 Å². The summed E-state index contributed by atoms with van der Waals surface area (Å²) in [7, 11) is 0. The second-order valence-corrected chi connectivity index (χ2v) is 4.17. The molecular formula is C14H19ClK2N6O7. The van der Waals surface area contributed by atoms with E-state index in [9.17, 15) is 14.4 Å². The summed E-state index contributed by atoms with van der Waals surface area (Å²) in [5.74, 6) is 0. The third-order valence-electron chi connectivity index (χ3n) is 1.60. The Balaban J connectivity index is -0.0000000635. The Kier molecular flexibility index (Phi) is 44.5. The summed E-state index contributed by atoms with van der Waals surface area (Å²) < 4.78 is 0. The number of aliphatic imine (C=N–C) groups is 2. The van der Waals surface area contributed by atoms with E-state index in [1.54, 1.807) is 12.4 Å². The van der Waals surface area contributed by atoms with Crippen LogP contribution in [0.15, 0.2) is 22.4 Å². The summed E-state index contributed by atoms with van der Waals surface area (Å²) in [5, 5.41) is 8.73. The van der Waals surface area contributed by atoms with Gasteiger partial charge < -0.3 is 32.6 Å². The van der Waals surface area contributed by atoms with E-state index < -0.39 is 12.1 Å². The van der Waals surface area contributed by atoms with Gasteiger partial charge in [0.1, 0.15) is 12.6 Å². The molecule has 1 aromatic heterocycles. The first kappa shape index (κ1) is 40.1. The molecule has 0 saturated carbocycles. The molecular weight excluding hydrogens is 478 g/mol.